The second-order valence-corrected chi connectivity index (χ2v) is 5.55. The first-order valence-electron chi connectivity index (χ1n) is 6.97. The maximum atomic E-state index is 3.66. The highest BCUT2D eigenvalue weighted by Crippen LogP contribution is 2.14. The van der Waals surface area contributed by atoms with Crippen LogP contribution in [-0.2, 0) is 0 Å². The lowest BCUT2D eigenvalue weighted by atomic mass is 9.97. The Morgan fingerprint density at radius 1 is 1.12 bits per heavy atom. The number of hydrogen-bond donors (Lipinski definition) is 2. The van der Waals surface area contributed by atoms with Crippen LogP contribution in [0.15, 0.2) is 0 Å². The first kappa shape index (κ1) is 12.3. The number of likely N-dealkylation sites (tertiary alicyclic amines) is 1. The van der Waals surface area contributed by atoms with Gasteiger partial charge in [-0.05, 0) is 64.8 Å². The molecule has 0 bridgehead atoms. The smallest absolute Gasteiger partial charge is 0.0192 e. The van der Waals surface area contributed by atoms with Crippen molar-refractivity contribution in [1.82, 2.24) is 15.5 Å². The summed E-state index contributed by atoms with van der Waals surface area (Å²) in [6, 6.07) is 0.736. The van der Waals surface area contributed by atoms with Crippen molar-refractivity contribution in [2.24, 2.45) is 5.92 Å². The van der Waals surface area contributed by atoms with E-state index in [1.807, 2.05) is 0 Å². The first-order chi connectivity index (χ1) is 7.84. The summed E-state index contributed by atoms with van der Waals surface area (Å²) >= 11 is 0. The molecule has 0 radical (unpaired) electrons. The minimum absolute atomic E-state index is 0.736. The number of rotatable bonds is 4. The third-order valence-electron chi connectivity index (χ3n) is 4.07. The van der Waals surface area contributed by atoms with Crippen LogP contribution < -0.4 is 10.6 Å². The van der Waals surface area contributed by atoms with Gasteiger partial charge in [-0.1, -0.05) is 6.42 Å². The fourth-order valence-electron chi connectivity index (χ4n) is 2.83. The molecule has 0 amide bonds. The van der Waals surface area contributed by atoms with E-state index >= 15 is 0 Å². The van der Waals surface area contributed by atoms with E-state index in [0.29, 0.717) is 0 Å². The van der Waals surface area contributed by atoms with Gasteiger partial charge in [0, 0.05) is 12.6 Å². The zero-order valence-electron chi connectivity index (χ0n) is 10.7. The maximum Gasteiger partial charge on any atom is 0.0192 e. The molecule has 0 aliphatic carbocycles. The van der Waals surface area contributed by atoms with Crippen molar-refractivity contribution < 1.29 is 0 Å². The van der Waals surface area contributed by atoms with Gasteiger partial charge in [-0.3, -0.25) is 0 Å². The van der Waals surface area contributed by atoms with Crippen molar-refractivity contribution in [2.75, 3.05) is 39.8 Å². The van der Waals surface area contributed by atoms with Crippen LogP contribution in [0.25, 0.3) is 0 Å². The molecule has 3 nitrogen and oxygen atoms in total. The summed E-state index contributed by atoms with van der Waals surface area (Å²) < 4.78 is 0. The second kappa shape index (κ2) is 6.58. The molecule has 0 aromatic rings. The molecular formula is C13H27N3. The topological polar surface area (TPSA) is 27.3 Å². The van der Waals surface area contributed by atoms with E-state index in [0.717, 1.165) is 12.0 Å². The van der Waals surface area contributed by atoms with Gasteiger partial charge >= 0.3 is 0 Å². The lowest BCUT2D eigenvalue weighted by molar-refractivity contribution is 0.214. The Bertz CT molecular complexity index is 182. The average molecular weight is 225 g/mol. The van der Waals surface area contributed by atoms with Gasteiger partial charge in [0.15, 0.2) is 0 Å². The standard InChI is InChI=1S/C13H27N3/c1-16-8-5-12(6-9-16)10-14-11-13-4-2-3-7-15-13/h12-15H,2-11H2,1H3. The quantitative estimate of drug-likeness (QED) is 0.749. The number of hydrogen-bond acceptors (Lipinski definition) is 3. The minimum Gasteiger partial charge on any atom is -0.315 e. The molecule has 0 aromatic heterocycles. The highest BCUT2D eigenvalue weighted by molar-refractivity contribution is 4.76. The molecule has 94 valence electrons. The van der Waals surface area contributed by atoms with E-state index in [2.05, 4.69) is 22.6 Å². The highest BCUT2D eigenvalue weighted by Gasteiger charge is 2.17. The molecule has 0 aromatic carbocycles. The molecule has 3 heteroatoms. The Balaban J connectivity index is 1.53. The molecule has 2 rings (SSSR count). The fraction of sp³-hybridized carbons (Fsp3) is 1.00. The van der Waals surface area contributed by atoms with Gasteiger partial charge in [-0.2, -0.15) is 0 Å². The van der Waals surface area contributed by atoms with Crippen LogP contribution in [0.4, 0.5) is 0 Å². The largest absolute Gasteiger partial charge is 0.315 e. The molecule has 0 spiro atoms. The minimum atomic E-state index is 0.736. The lowest BCUT2D eigenvalue weighted by Crippen LogP contribution is -2.43. The molecule has 2 saturated heterocycles. The van der Waals surface area contributed by atoms with E-state index in [-0.39, 0.29) is 0 Å². The van der Waals surface area contributed by atoms with Gasteiger partial charge in [0.2, 0.25) is 0 Å². The SMILES string of the molecule is CN1CCC(CNCC2CCCCN2)CC1. The van der Waals surface area contributed by atoms with Gasteiger partial charge in [0.05, 0.1) is 0 Å². The number of nitrogens with one attached hydrogen (secondary N) is 2. The van der Waals surface area contributed by atoms with E-state index in [1.165, 1.54) is 64.8 Å². The van der Waals surface area contributed by atoms with Crippen LogP contribution in [0.1, 0.15) is 32.1 Å². The van der Waals surface area contributed by atoms with E-state index in [9.17, 15) is 0 Å². The molecule has 2 heterocycles. The molecule has 1 atom stereocenters. The summed E-state index contributed by atoms with van der Waals surface area (Å²) in [4.78, 5) is 2.44. The summed E-state index contributed by atoms with van der Waals surface area (Å²) in [7, 11) is 2.23. The third kappa shape index (κ3) is 4.04. The average Bonchev–Trinajstić information content (AvgIpc) is 2.33. The Morgan fingerprint density at radius 2 is 1.94 bits per heavy atom. The Labute approximate surface area is 100.0 Å². The molecular weight excluding hydrogens is 198 g/mol. The van der Waals surface area contributed by atoms with Gasteiger partial charge in [0.25, 0.3) is 0 Å². The molecule has 2 fully saturated rings. The van der Waals surface area contributed by atoms with E-state index in [4.69, 9.17) is 0 Å². The molecule has 1 unspecified atom stereocenters. The molecule has 2 aliphatic heterocycles. The molecule has 0 saturated carbocycles. The summed E-state index contributed by atoms with van der Waals surface area (Å²) in [6.45, 7) is 6.20. The maximum absolute atomic E-state index is 3.66. The summed E-state index contributed by atoms with van der Waals surface area (Å²) in [5.41, 5.74) is 0. The van der Waals surface area contributed by atoms with Gasteiger partial charge in [-0.25, -0.2) is 0 Å². The second-order valence-electron chi connectivity index (χ2n) is 5.55. The third-order valence-corrected chi connectivity index (χ3v) is 4.07. The van der Waals surface area contributed by atoms with E-state index in [1.54, 1.807) is 0 Å². The van der Waals surface area contributed by atoms with Crippen molar-refractivity contribution in [1.29, 1.82) is 0 Å². The number of nitrogens with zero attached hydrogens (tertiary/aromatic N) is 1. The van der Waals surface area contributed by atoms with Crippen LogP contribution in [0.5, 0.6) is 0 Å². The van der Waals surface area contributed by atoms with Gasteiger partial charge < -0.3 is 15.5 Å². The van der Waals surface area contributed by atoms with Crippen molar-refractivity contribution in [3.63, 3.8) is 0 Å². The van der Waals surface area contributed by atoms with Crippen LogP contribution in [-0.4, -0.2) is 50.7 Å². The van der Waals surface area contributed by atoms with E-state index < -0.39 is 0 Å². The highest BCUT2D eigenvalue weighted by atomic mass is 15.1. The summed E-state index contributed by atoms with van der Waals surface area (Å²) in [5, 5.41) is 7.25. The molecule has 2 N–H and O–H groups in total. The normalized spacial score (nSPS) is 29.4. The predicted molar refractivity (Wildman–Crippen MR) is 68.7 cm³/mol. The Hall–Kier alpha value is -0.120. The zero-order chi connectivity index (χ0) is 11.2. The van der Waals surface area contributed by atoms with Crippen molar-refractivity contribution in [3.05, 3.63) is 0 Å². The first-order valence-corrected chi connectivity index (χ1v) is 6.97. The number of piperidine rings is 2. The van der Waals surface area contributed by atoms with Crippen molar-refractivity contribution in [2.45, 2.75) is 38.1 Å². The zero-order valence-corrected chi connectivity index (χ0v) is 10.7. The molecule has 2 aliphatic rings. The molecule has 16 heavy (non-hydrogen) atoms. The van der Waals surface area contributed by atoms with Gasteiger partial charge in [0.1, 0.15) is 0 Å². The van der Waals surface area contributed by atoms with Crippen LogP contribution in [0.3, 0.4) is 0 Å². The Morgan fingerprint density at radius 3 is 2.62 bits per heavy atom. The fourth-order valence-corrected chi connectivity index (χ4v) is 2.83. The van der Waals surface area contributed by atoms with Crippen LogP contribution >= 0.6 is 0 Å². The summed E-state index contributed by atoms with van der Waals surface area (Å²) in [5.74, 6) is 0.916. The lowest BCUT2D eigenvalue weighted by Gasteiger charge is -2.30. The van der Waals surface area contributed by atoms with Crippen LogP contribution in [0, 0.1) is 5.92 Å². The summed E-state index contributed by atoms with van der Waals surface area (Å²) in [6.07, 6.45) is 6.89. The van der Waals surface area contributed by atoms with Gasteiger partial charge in [-0.15, -0.1) is 0 Å². The monoisotopic (exact) mass is 225 g/mol. The van der Waals surface area contributed by atoms with Crippen LogP contribution in [0.2, 0.25) is 0 Å². The Kier molecular flexibility index (Phi) is 5.07. The van der Waals surface area contributed by atoms with Crippen molar-refractivity contribution >= 4 is 0 Å². The van der Waals surface area contributed by atoms with Crippen molar-refractivity contribution in [3.8, 4) is 0 Å². The predicted octanol–water partition coefficient (Wildman–Crippen LogP) is 1.06.